The van der Waals surface area contributed by atoms with Crippen molar-refractivity contribution in [3.63, 3.8) is 0 Å². The minimum atomic E-state index is -3.61. The number of anilines is 1. The number of fused-ring (bicyclic) bond motifs is 1. The molecule has 1 aromatic carbocycles. The van der Waals surface area contributed by atoms with Gasteiger partial charge in [-0.15, -0.1) is 0 Å². The first kappa shape index (κ1) is 13.0. The number of nitrogens with one attached hydrogen (secondary N) is 2. The first-order valence-electron chi connectivity index (χ1n) is 5.69. The number of carbonyl (C=O) groups is 1. The van der Waals surface area contributed by atoms with E-state index in [1.807, 2.05) is 13.8 Å². The molecular weight excluding hydrogens is 252 g/mol. The third-order valence-corrected chi connectivity index (χ3v) is 5.39. The van der Waals surface area contributed by atoms with E-state index in [9.17, 15) is 13.2 Å². The van der Waals surface area contributed by atoms with Crippen molar-refractivity contribution in [2.75, 3.05) is 18.9 Å². The highest BCUT2D eigenvalue weighted by molar-refractivity contribution is 7.93. The SMILES string of the molecule is CNCC1C(=O)Nc2c(ccc(C)c2C)S1(=O)=O. The Kier molecular flexibility index (Phi) is 3.16. The van der Waals surface area contributed by atoms with Gasteiger partial charge in [-0.05, 0) is 38.1 Å². The number of hydrogen-bond donors (Lipinski definition) is 2. The molecular formula is C12H16N2O3S. The Bertz CT molecular complexity index is 608. The predicted molar refractivity (Wildman–Crippen MR) is 69.4 cm³/mol. The Morgan fingerprint density at radius 1 is 1.33 bits per heavy atom. The van der Waals surface area contributed by atoms with Crippen LogP contribution in [0.15, 0.2) is 17.0 Å². The lowest BCUT2D eigenvalue weighted by molar-refractivity contribution is -0.115. The van der Waals surface area contributed by atoms with Gasteiger partial charge in [0.25, 0.3) is 0 Å². The molecule has 0 saturated carbocycles. The molecule has 1 atom stereocenters. The van der Waals surface area contributed by atoms with Crippen molar-refractivity contribution < 1.29 is 13.2 Å². The average Bonchev–Trinajstić information content (AvgIpc) is 2.30. The van der Waals surface area contributed by atoms with Gasteiger partial charge in [-0.25, -0.2) is 8.42 Å². The Labute approximate surface area is 107 Å². The van der Waals surface area contributed by atoms with Crippen LogP contribution in [-0.4, -0.2) is 33.2 Å². The van der Waals surface area contributed by atoms with E-state index in [1.54, 1.807) is 19.2 Å². The normalized spacial score (nSPS) is 21.3. The second kappa shape index (κ2) is 4.37. The summed E-state index contributed by atoms with van der Waals surface area (Å²) in [5, 5.41) is 4.38. The Hall–Kier alpha value is -1.40. The molecule has 6 heteroatoms. The highest BCUT2D eigenvalue weighted by Crippen LogP contribution is 2.34. The highest BCUT2D eigenvalue weighted by Gasteiger charge is 2.40. The van der Waals surface area contributed by atoms with Crippen molar-refractivity contribution in [2.24, 2.45) is 0 Å². The van der Waals surface area contributed by atoms with Crippen molar-refractivity contribution in [3.05, 3.63) is 23.3 Å². The van der Waals surface area contributed by atoms with Crippen LogP contribution in [0, 0.1) is 13.8 Å². The summed E-state index contributed by atoms with van der Waals surface area (Å²) >= 11 is 0. The maximum atomic E-state index is 12.4. The summed E-state index contributed by atoms with van der Waals surface area (Å²) in [5.41, 5.74) is 2.18. The van der Waals surface area contributed by atoms with E-state index in [-0.39, 0.29) is 11.4 Å². The molecule has 1 aliphatic heterocycles. The predicted octanol–water partition coefficient (Wildman–Crippen LogP) is 0.617. The van der Waals surface area contributed by atoms with Crippen molar-refractivity contribution >= 4 is 21.4 Å². The zero-order valence-electron chi connectivity index (χ0n) is 10.6. The zero-order chi connectivity index (χ0) is 13.5. The number of rotatable bonds is 2. The molecule has 1 aliphatic rings. The molecule has 0 fully saturated rings. The van der Waals surface area contributed by atoms with Gasteiger partial charge in [0.1, 0.15) is 0 Å². The van der Waals surface area contributed by atoms with Gasteiger partial charge in [0.05, 0.1) is 10.6 Å². The van der Waals surface area contributed by atoms with Gasteiger partial charge < -0.3 is 10.6 Å². The molecule has 0 saturated heterocycles. The van der Waals surface area contributed by atoms with Crippen molar-refractivity contribution in [1.29, 1.82) is 0 Å². The van der Waals surface area contributed by atoms with Crippen molar-refractivity contribution in [1.82, 2.24) is 5.32 Å². The number of sulfone groups is 1. The fraction of sp³-hybridized carbons (Fsp3) is 0.417. The van der Waals surface area contributed by atoms with Crippen LogP contribution in [0.25, 0.3) is 0 Å². The molecule has 1 heterocycles. The van der Waals surface area contributed by atoms with Crippen LogP contribution < -0.4 is 10.6 Å². The smallest absolute Gasteiger partial charge is 0.244 e. The summed E-state index contributed by atoms with van der Waals surface area (Å²) in [6.45, 7) is 3.80. The third-order valence-electron chi connectivity index (χ3n) is 3.31. The maximum Gasteiger partial charge on any atom is 0.244 e. The monoisotopic (exact) mass is 268 g/mol. The number of carbonyl (C=O) groups excluding carboxylic acids is 1. The lowest BCUT2D eigenvalue weighted by Gasteiger charge is -2.26. The first-order chi connectivity index (χ1) is 8.39. The van der Waals surface area contributed by atoms with Crippen LogP contribution in [0.4, 0.5) is 5.69 Å². The van der Waals surface area contributed by atoms with Gasteiger partial charge in [0, 0.05) is 6.54 Å². The van der Waals surface area contributed by atoms with Gasteiger partial charge in [-0.1, -0.05) is 6.07 Å². The minimum Gasteiger partial charge on any atom is -0.323 e. The van der Waals surface area contributed by atoms with Crippen LogP contribution >= 0.6 is 0 Å². The minimum absolute atomic E-state index is 0.112. The highest BCUT2D eigenvalue weighted by atomic mass is 32.2. The third kappa shape index (κ3) is 1.81. The Morgan fingerprint density at radius 3 is 2.61 bits per heavy atom. The van der Waals surface area contributed by atoms with E-state index >= 15 is 0 Å². The maximum absolute atomic E-state index is 12.4. The van der Waals surface area contributed by atoms with E-state index in [2.05, 4.69) is 10.6 Å². The quantitative estimate of drug-likeness (QED) is 0.824. The molecule has 5 nitrogen and oxygen atoms in total. The Morgan fingerprint density at radius 2 is 2.00 bits per heavy atom. The fourth-order valence-corrected chi connectivity index (χ4v) is 3.85. The van der Waals surface area contributed by atoms with E-state index in [0.29, 0.717) is 5.69 Å². The lowest BCUT2D eigenvalue weighted by atomic mass is 10.1. The van der Waals surface area contributed by atoms with Crippen LogP contribution in [-0.2, 0) is 14.6 Å². The molecule has 0 aromatic heterocycles. The molecule has 98 valence electrons. The molecule has 2 rings (SSSR count). The summed E-state index contributed by atoms with van der Waals surface area (Å²) in [6.07, 6.45) is 0. The van der Waals surface area contributed by atoms with E-state index in [1.165, 1.54) is 0 Å². The van der Waals surface area contributed by atoms with E-state index < -0.39 is 21.0 Å². The van der Waals surface area contributed by atoms with Gasteiger partial charge in [0.2, 0.25) is 5.91 Å². The summed E-state index contributed by atoms with van der Waals surface area (Å²) in [4.78, 5) is 12.1. The first-order valence-corrected chi connectivity index (χ1v) is 7.23. The molecule has 18 heavy (non-hydrogen) atoms. The number of aryl methyl sites for hydroxylation is 1. The number of amides is 1. The van der Waals surface area contributed by atoms with Crippen LogP contribution in [0.5, 0.6) is 0 Å². The fourth-order valence-electron chi connectivity index (χ4n) is 2.07. The standard InChI is InChI=1S/C12H16N2O3S/c1-7-4-5-9-11(8(7)2)14-12(15)10(6-13-3)18(9,16)17/h4-5,10,13H,6H2,1-3H3,(H,14,15). The number of hydrogen-bond acceptors (Lipinski definition) is 4. The van der Waals surface area contributed by atoms with Gasteiger partial charge in [-0.2, -0.15) is 0 Å². The summed E-state index contributed by atoms with van der Waals surface area (Å²) in [7, 11) is -1.98. The summed E-state index contributed by atoms with van der Waals surface area (Å²) in [5.74, 6) is -0.467. The zero-order valence-corrected chi connectivity index (χ0v) is 11.4. The van der Waals surface area contributed by atoms with Gasteiger partial charge in [-0.3, -0.25) is 4.79 Å². The molecule has 1 unspecified atom stereocenters. The van der Waals surface area contributed by atoms with Gasteiger partial charge >= 0.3 is 0 Å². The van der Waals surface area contributed by atoms with Crippen LogP contribution in [0.2, 0.25) is 0 Å². The summed E-state index contributed by atoms with van der Waals surface area (Å²) in [6, 6.07) is 3.33. The molecule has 0 bridgehead atoms. The number of benzene rings is 1. The molecule has 1 aromatic rings. The van der Waals surface area contributed by atoms with Crippen LogP contribution in [0.3, 0.4) is 0 Å². The average molecular weight is 268 g/mol. The van der Waals surface area contributed by atoms with Crippen molar-refractivity contribution in [2.45, 2.75) is 24.0 Å². The van der Waals surface area contributed by atoms with Crippen molar-refractivity contribution in [3.8, 4) is 0 Å². The molecule has 0 radical (unpaired) electrons. The van der Waals surface area contributed by atoms with E-state index in [4.69, 9.17) is 0 Å². The molecule has 0 spiro atoms. The Balaban J connectivity index is 2.65. The molecule has 2 N–H and O–H groups in total. The van der Waals surface area contributed by atoms with E-state index in [0.717, 1.165) is 11.1 Å². The van der Waals surface area contributed by atoms with Crippen LogP contribution in [0.1, 0.15) is 11.1 Å². The van der Waals surface area contributed by atoms with Gasteiger partial charge in [0.15, 0.2) is 15.1 Å². The lowest BCUT2D eigenvalue weighted by Crippen LogP contribution is -2.45. The second-order valence-electron chi connectivity index (χ2n) is 4.46. The molecule has 1 amide bonds. The second-order valence-corrected chi connectivity index (χ2v) is 6.56. The summed E-state index contributed by atoms with van der Waals surface area (Å²) < 4.78 is 24.7. The largest absolute Gasteiger partial charge is 0.323 e. The molecule has 0 aliphatic carbocycles. The topological polar surface area (TPSA) is 75.3 Å².